The van der Waals surface area contributed by atoms with Gasteiger partial charge in [-0.25, -0.2) is 4.39 Å². The molecule has 0 spiro atoms. The maximum atomic E-state index is 13.8. The van der Waals surface area contributed by atoms with Crippen LogP contribution in [0.15, 0.2) is 28.8 Å². The average molecular weight is 448 g/mol. The maximum Gasteiger partial charge on any atom is 0.276 e. The van der Waals surface area contributed by atoms with E-state index in [4.69, 9.17) is 16.1 Å². The van der Waals surface area contributed by atoms with Crippen LogP contribution in [-0.2, 0) is 4.79 Å². The molecule has 1 aromatic heterocycles. The number of carbonyl (C=O) groups excluding carboxylic acids is 2. The first-order valence-electron chi connectivity index (χ1n) is 10.9. The van der Waals surface area contributed by atoms with E-state index in [-0.39, 0.29) is 40.3 Å². The zero-order chi connectivity index (χ0) is 22.1. The Labute approximate surface area is 186 Å². The van der Waals surface area contributed by atoms with E-state index in [1.165, 1.54) is 18.2 Å². The number of rotatable bonds is 5. The minimum Gasteiger partial charge on any atom is -0.355 e. The van der Waals surface area contributed by atoms with E-state index in [1.807, 2.05) is 13.8 Å². The van der Waals surface area contributed by atoms with Crippen molar-refractivity contribution in [1.82, 2.24) is 15.4 Å². The standard InChI is InChI=1S/C23H27ClFN3O3/c1-13(2)9-20-22(29)26-19(14-5-3-4-6-14)12-28(20)23(30)18-11-21(31-27-18)15-7-8-16(24)17(25)10-15/h7-8,10-11,13-14,19-20H,3-6,9,12H2,1-2H3,(H,26,29)/t19-,20+/m1/s1. The van der Waals surface area contributed by atoms with Crippen molar-refractivity contribution in [2.45, 2.75) is 58.0 Å². The molecular formula is C23H27ClFN3O3. The molecule has 2 heterocycles. The van der Waals surface area contributed by atoms with Crippen LogP contribution in [0.5, 0.6) is 0 Å². The molecule has 2 aliphatic rings. The fourth-order valence-electron chi connectivity index (χ4n) is 4.65. The van der Waals surface area contributed by atoms with Crippen LogP contribution < -0.4 is 5.32 Å². The molecule has 0 unspecified atom stereocenters. The first-order valence-corrected chi connectivity index (χ1v) is 11.2. The number of carbonyl (C=O) groups is 2. The van der Waals surface area contributed by atoms with Gasteiger partial charge in [0.2, 0.25) is 5.91 Å². The van der Waals surface area contributed by atoms with Crippen LogP contribution in [-0.4, -0.2) is 40.5 Å². The molecule has 2 amide bonds. The van der Waals surface area contributed by atoms with Gasteiger partial charge in [0.1, 0.15) is 11.9 Å². The SMILES string of the molecule is CC(C)C[C@H]1C(=O)N[C@@H](C2CCCC2)CN1C(=O)c1cc(-c2ccc(Cl)c(F)c2)on1. The first-order chi connectivity index (χ1) is 14.8. The Morgan fingerprint density at radius 3 is 2.74 bits per heavy atom. The van der Waals surface area contributed by atoms with Crippen LogP contribution in [0.4, 0.5) is 4.39 Å². The smallest absolute Gasteiger partial charge is 0.276 e. The molecule has 0 bridgehead atoms. The zero-order valence-electron chi connectivity index (χ0n) is 17.7. The lowest BCUT2D eigenvalue weighted by Gasteiger charge is -2.41. The number of amides is 2. The fraction of sp³-hybridized carbons (Fsp3) is 0.522. The largest absolute Gasteiger partial charge is 0.355 e. The number of benzene rings is 1. The number of halogens is 2. The number of hydrogen-bond donors (Lipinski definition) is 1. The highest BCUT2D eigenvalue weighted by molar-refractivity contribution is 6.30. The van der Waals surface area contributed by atoms with Gasteiger partial charge in [0, 0.05) is 24.2 Å². The van der Waals surface area contributed by atoms with Crippen molar-refractivity contribution in [2.75, 3.05) is 6.54 Å². The summed E-state index contributed by atoms with van der Waals surface area (Å²) in [6.45, 7) is 4.52. The van der Waals surface area contributed by atoms with Crippen LogP contribution in [0.3, 0.4) is 0 Å². The van der Waals surface area contributed by atoms with Gasteiger partial charge in [-0.1, -0.05) is 43.4 Å². The summed E-state index contributed by atoms with van der Waals surface area (Å²) in [6, 6.07) is 5.18. The van der Waals surface area contributed by atoms with Crippen LogP contribution in [0.1, 0.15) is 56.4 Å². The van der Waals surface area contributed by atoms with E-state index < -0.39 is 11.9 Å². The fourth-order valence-corrected chi connectivity index (χ4v) is 4.76. The van der Waals surface area contributed by atoms with Crippen molar-refractivity contribution in [3.05, 3.63) is 40.8 Å². The van der Waals surface area contributed by atoms with Crippen molar-refractivity contribution >= 4 is 23.4 Å². The van der Waals surface area contributed by atoms with Crippen LogP contribution in [0.2, 0.25) is 5.02 Å². The molecule has 166 valence electrons. The second-order valence-corrected chi connectivity index (χ2v) is 9.37. The van der Waals surface area contributed by atoms with Gasteiger partial charge in [-0.15, -0.1) is 0 Å². The Kier molecular flexibility index (Phi) is 6.32. The molecule has 1 saturated heterocycles. The molecule has 2 fully saturated rings. The third-order valence-corrected chi connectivity index (χ3v) is 6.56. The topological polar surface area (TPSA) is 75.4 Å². The molecule has 1 saturated carbocycles. The first kappa shape index (κ1) is 21.8. The van der Waals surface area contributed by atoms with Gasteiger partial charge in [0.25, 0.3) is 5.91 Å². The predicted molar refractivity (Wildman–Crippen MR) is 115 cm³/mol. The average Bonchev–Trinajstić information content (AvgIpc) is 3.43. The van der Waals surface area contributed by atoms with Gasteiger partial charge >= 0.3 is 0 Å². The highest BCUT2D eigenvalue weighted by Gasteiger charge is 2.41. The van der Waals surface area contributed by atoms with E-state index >= 15 is 0 Å². The zero-order valence-corrected chi connectivity index (χ0v) is 18.5. The van der Waals surface area contributed by atoms with Crippen molar-refractivity contribution < 1.29 is 18.5 Å². The Morgan fingerprint density at radius 2 is 2.06 bits per heavy atom. The van der Waals surface area contributed by atoms with E-state index in [0.717, 1.165) is 25.7 Å². The Balaban J connectivity index is 1.59. The van der Waals surface area contributed by atoms with Gasteiger partial charge in [-0.05, 0) is 49.3 Å². The summed E-state index contributed by atoms with van der Waals surface area (Å²) in [5, 5.41) is 7.10. The summed E-state index contributed by atoms with van der Waals surface area (Å²) >= 11 is 5.74. The van der Waals surface area contributed by atoms with Gasteiger partial charge in [0.05, 0.1) is 5.02 Å². The van der Waals surface area contributed by atoms with Crippen molar-refractivity contribution in [2.24, 2.45) is 11.8 Å². The second kappa shape index (κ2) is 8.99. The van der Waals surface area contributed by atoms with E-state index in [0.29, 0.717) is 24.4 Å². The summed E-state index contributed by atoms with van der Waals surface area (Å²) in [7, 11) is 0. The predicted octanol–water partition coefficient (Wildman–Crippen LogP) is 4.68. The minimum absolute atomic E-state index is 0.00776. The van der Waals surface area contributed by atoms with Crippen molar-refractivity contribution in [3.8, 4) is 11.3 Å². The minimum atomic E-state index is -0.576. The van der Waals surface area contributed by atoms with Crippen molar-refractivity contribution in [3.63, 3.8) is 0 Å². The monoisotopic (exact) mass is 447 g/mol. The molecule has 2 aromatic rings. The van der Waals surface area contributed by atoms with E-state index in [1.54, 1.807) is 11.0 Å². The third kappa shape index (κ3) is 4.61. The summed E-state index contributed by atoms with van der Waals surface area (Å²) < 4.78 is 19.1. The molecule has 1 N–H and O–H groups in total. The number of nitrogens with zero attached hydrogens (tertiary/aromatic N) is 2. The lowest BCUT2D eigenvalue weighted by molar-refractivity contribution is -0.130. The van der Waals surface area contributed by atoms with Crippen LogP contribution in [0, 0.1) is 17.7 Å². The van der Waals surface area contributed by atoms with Crippen molar-refractivity contribution in [1.29, 1.82) is 0 Å². The maximum absolute atomic E-state index is 13.8. The van der Waals surface area contributed by atoms with Gasteiger partial charge in [-0.3, -0.25) is 9.59 Å². The number of hydrogen-bond acceptors (Lipinski definition) is 4. The Hall–Kier alpha value is -2.41. The van der Waals surface area contributed by atoms with Gasteiger partial charge in [0.15, 0.2) is 11.5 Å². The normalized spacial score (nSPS) is 22.2. The van der Waals surface area contributed by atoms with Crippen LogP contribution in [0.25, 0.3) is 11.3 Å². The molecule has 1 aliphatic carbocycles. The molecule has 0 radical (unpaired) electrons. The van der Waals surface area contributed by atoms with E-state index in [9.17, 15) is 14.0 Å². The highest BCUT2D eigenvalue weighted by Crippen LogP contribution is 2.32. The molecule has 2 atom stereocenters. The summed E-state index contributed by atoms with van der Waals surface area (Å²) in [5.74, 6) is -0.106. The molecule has 31 heavy (non-hydrogen) atoms. The number of piperazine rings is 1. The quantitative estimate of drug-likeness (QED) is 0.722. The van der Waals surface area contributed by atoms with E-state index in [2.05, 4.69) is 10.5 Å². The molecule has 4 rings (SSSR count). The summed E-state index contributed by atoms with van der Waals surface area (Å²) in [5.41, 5.74) is 0.548. The highest BCUT2D eigenvalue weighted by atomic mass is 35.5. The third-order valence-electron chi connectivity index (χ3n) is 6.26. The van der Waals surface area contributed by atoms with Gasteiger partial charge < -0.3 is 14.7 Å². The van der Waals surface area contributed by atoms with Gasteiger partial charge in [-0.2, -0.15) is 0 Å². The number of nitrogens with one attached hydrogen (secondary N) is 1. The summed E-state index contributed by atoms with van der Waals surface area (Å²) in [4.78, 5) is 28.0. The molecular weight excluding hydrogens is 421 g/mol. The van der Waals surface area contributed by atoms with Crippen LogP contribution >= 0.6 is 11.6 Å². The summed E-state index contributed by atoms with van der Waals surface area (Å²) in [6.07, 6.45) is 5.02. The molecule has 1 aliphatic heterocycles. The lowest BCUT2D eigenvalue weighted by Crippen LogP contribution is -2.63. The number of aromatic nitrogens is 1. The lowest BCUT2D eigenvalue weighted by atomic mass is 9.91. The Morgan fingerprint density at radius 1 is 1.32 bits per heavy atom. The Bertz CT molecular complexity index is 971. The molecule has 6 nitrogen and oxygen atoms in total. The second-order valence-electron chi connectivity index (χ2n) is 8.97. The molecule has 1 aromatic carbocycles. The molecule has 8 heteroatoms.